The molecular weight excluding hydrogens is 336 g/mol. The number of aliphatic hydroxyl groups excluding tert-OH is 5. The summed E-state index contributed by atoms with van der Waals surface area (Å²) in [6.07, 6.45) is -3.15. The topological polar surface area (TPSA) is 114 Å². The fourth-order valence-electron chi connectivity index (χ4n) is 6.61. The van der Waals surface area contributed by atoms with E-state index < -0.39 is 52.9 Å². The summed E-state index contributed by atoms with van der Waals surface area (Å²) in [4.78, 5) is 0. The number of rotatable bonds is 0. The summed E-state index contributed by atoms with van der Waals surface area (Å²) >= 11 is 0. The van der Waals surface area contributed by atoms with Gasteiger partial charge in [0.25, 0.3) is 0 Å². The van der Waals surface area contributed by atoms with E-state index in [0.717, 1.165) is 0 Å². The van der Waals surface area contributed by atoms with E-state index in [1.165, 1.54) is 0 Å². The maximum atomic E-state index is 11.5. The monoisotopic (exact) mass is 368 g/mol. The molecule has 9 atom stereocenters. The lowest BCUT2D eigenvalue weighted by atomic mass is 9.48. The third-order valence-electron chi connectivity index (χ3n) is 8.28. The highest BCUT2D eigenvalue weighted by molar-refractivity contribution is 5.35. The molecule has 4 aliphatic rings. The third kappa shape index (κ3) is 2.14. The molecule has 3 aliphatic carbocycles. The van der Waals surface area contributed by atoms with Gasteiger partial charge in [0.2, 0.25) is 0 Å². The van der Waals surface area contributed by atoms with E-state index in [0.29, 0.717) is 37.0 Å². The molecule has 2 saturated carbocycles. The number of epoxide rings is 1. The molecule has 6 heteroatoms. The quantitative estimate of drug-likeness (QED) is 0.311. The van der Waals surface area contributed by atoms with Crippen molar-refractivity contribution in [2.24, 2.45) is 22.7 Å². The minimum absolute atomic E-state index is 0.297. The van der Waals surface area contributed by atoms with Crippen molar-refractivity contribution in [2.45, 2.75) is 83.1 Å². The van der Waals surface area contributed by atoms with Crippen LogP contribution in [0.2, 0.25) is 0 Å². The van der Waals surface area contributed by atoms with Crippen LogP contribution >= 0.6 is 0 Å². The predicted molar refractivity (Wildman–Crippen MR) is 94.1 cm³/mol. The summed E-state index contributed by atoms with van der Waals surface area (Å²) in [7, 11) is 0. The Morgan fingerprint density at radius 3 is 2.23 bits per heavy atom. The van der Waals surface area contributed by atoms with Gasteiger partial charge in [0.1, 0.15) is 11.7 Å². The van der Waals surface area contributed by atoms with Crippen LogP contribution in [0, 0.1) is 22.7 Å². The van der Waals surface area contributed by atoms with Crippen molar-refractivity contribution in [1.82, 2.24) is 0 Å². The predicted octanol–water partition coefficient (Wildman–Crippen LogP) is 0.352. The van der Waals surface area contributed by atoms with Crippen LogP contribution in [-0.4, -0.2) is 68.3 Å². The van der Waals surface area contributed by atoms with Gasteiger partial charge in [0.15, 0.2) is 0 Å². The first-order chi connectivity index (χ1) is 12.0. The van der Waals surface area contributed by atoms with E-state index in [1.807, 2.05) is 20.8 Å². The molecule has 0 unspecified atom stereocenters. The van der Waals surface area contributed by atoms with Gasteiger partial charge in [-0.1, -0.05) is 20.8 Å². The van der Waals surface area contributed by atoms with Gasteiger partial charge in [0.05, 0.1) is 31.0 Å². The van der Waals surface area contributed by atoms with Crippen molar-refractivity contribution in [2.75, 3.05) is 6.61 Å². The largest absolute Gasteiger partial charge is 0.392 e. The van der Waals surface area contributed by atoms with Crippen molar-refractivity contribution in [3.8, 4) is 0 Å². The molecule has 3 fully saturated rings. The molecule has 0 aromatic heterocycles. The van der Waals surface area contributed by atoms with Crippen molar-refractivity contribution in [1.29, 1.82) is 0 Å². The molecule has 1 heterocycles. The van der Waals surface area contributed by atoms with Crippen LogP contribution in [0.5, 0.6) is 0 Å². The van der Waals surface area contributed by atoms with E-state index >= 15 is 0 Å². The Kier molecular flexibility index (Phi) is 4.00. The Morgan fingerprint density at radius 2 is 1.65 bits per heavy atom. The van der Waals surface area contributed by atoms with Gasteiger partial charge in [0, 0.05) is 11.3 Å². The smallest absolute Gasteiger partial charge is 0.123 e. The average Bonchev–Trinajstić information content (AvgIpc) is 3.34. The fraction of sp³-hybridized carbons (Fsp3) is 0.900. The van der Waals surface area contributed by atoms with E-state index in [9.17, 15) is 25.5 Å². The number of fused-ring (bicyclic) bond motifs is 4. The lowest BCUT2D eigenvalue weighted by molar-refractivity contribution is -0.200. The second kappa shape index (κ2) is 5.52. The van der Waals surface area contributed by atoms with E-state index in [-0.39, 0.29) is 5.92 Å². The summed E-state index contributed by atoms with van der Waals surface area (Å²) < 4.78 is 5.71. The van der Waals surface area contributed by atoms with Gasteiger partial charge in [-0.05, 0) is 48.7 Å². The maximum absolute atomic E-state index is 11.5. The zero-order chi connectivity index (χ0) is 19.2. The number of hydrogen-bond donors (Lipinski definition) is 5. The number of hydrogen-bond acceptors (Lipinski definition) is 6. The molecule has 0 amide bonds. The molecule has 0 radical (unpaired) electrons. The summed E-state index contributed by atoms with van der Waals surface area (Å²) in [6.45, 7) is 7.97. The number of aliphatic hydroxyl groups is 5. The highest BCUT2D eigenvalue weighted by Gasteiger charge is 2.71. The molecule has 4 rings (SSSR count). The van der Waals surface area contributed by atoms with Gasteiger partial charge in [-0.15, -0.1) is 0 Å². The first-order valence-corrected chi connectivity index (χ1v) is 9.74. The molecule has 2 bridgehead atoms. The molecule has 26 heavy (non-hydrogen) atoms. The number of ether oxygens (including phenoxy) is 1. The molecule has 5 N–H and O–H groups in total. The zero-order valence-corrected chi connectivity index (χ0v) is 16.0. The second-order valence-electron chi connectivity index (χ2n) is 9.84. The highest BCUT2D eigenvalue weighted by Crippen LogP contribution is 2.63. The van der Waals surface area contributed by atoms with Crippen LogP contribution in [0.3, 0.4) is 0 Å². The van der Waals surface area contributed by atoms with Gasteiger partial charge < -0.3 is 30.3 Å². The summed E-state index contributed by atoms with van der Waals surface area (Å²) in [5, 5.41) is 55.1. The molecule has 1 spiro atoms. The minimum Gasteiger partial charge on any atom is -0.392 e. The van der Waals surface area contributed by atoms with Crippen molar-refractivity contribution in [3.63, 3.8) is 0 Å². The molecule has 0 aromatic carbocycles. The molecule has 0 aromatic rings. The third-order valence-corrected chi connectivity index (χ3v) is 8.28. The lowest BCUT2D eigenvalue weighted by Gasteiger charge is -2.59. The Morgan fingerprint density at radius 1 is 1.04 bits per heavy atom. The summed E-state index contributed by atoms with van der Waals surface area (Å²) in [6, 6.07) is 0. The lowest BCUT2D eigenvalue weighted by Crippen LogP contribution is -2.66. The van der Waals surface area contributed by atoms with Gasteiger partial charge >= 0.3 is 0 Å². The Hall–Kier alpha value is -0.500. The SMILES string of the molecule is CC1=C2[C@@H](O)[C@H](O)[C@]3(C)CC[C@H](O)[C@]4(CO4)[C@H]3[C@H](O)[C@H](C[C@@H]1O)C2(C)C. The Labute approximate surface area is 154 Å². The van der Waals surface area contributed by atoms with Crippen LogP contribution in [0.4, 0.5) is 0 Å². The van der Waals surface area contributed by atoms with Crippen LogP contribution in [0.15, 0.2) is 11.1 Å². The molecule has 1 aliphatic heterocycles. The van der Waals surface area contributed by atoms with E-state index in [4.69, 9.17) is 4.74 Å². The van der Waals surface area contributed by atoms with E-state index in [1.54, 1.807) is 6.92 Å². The first-order valence-electron chi connectivity index (χ1n) is 9.74. The zero-order valence-electron chi connectivity index (χ0n) is 16.0. The van der Waals surface area contributed by atoms with Gasteiger partial charge in [-0.3, -0.25) is 0 Å². The van der Waals surface area contributed by atoms with E-state index in [2.05, 4.69) is 0 Å². The van der Waals surface area contributed by atoms with Crippen molar-refractivity contribution in [3.05, 3.63) is 11.1 Å². The second-order valence-corrected chi connectivity index (χ2v) is 9.84. The van der Waals surface area contributed by atoms with Crippen LogP contribution in [0.1, 0.15) is 47.0 Å². The Bertz CT molecular complexity index is 638. The molecular formula is C20H32O6. The van der Waals surface area contributed by atoms with Crippen LogP contribution in [-0.2, 0) is 4.74 Å². The Balaban J connectivity index is 1.92. The minimum atomic E-state index is -1.12. The highest BCUT2D eigenvalue weighted by atomic mass is 16.6. The molecule has 148 valence electrons. The van der Waals surface area contributed by atoms with Crippen LogP contribution in [0.25, 0.3) is 0 Å². The van der Waals surface area contributed by atoms with Gasteiger partial charge in [-0.25, -0.2) is 0 Å². The van der Waals surface area contributed by atoms with Crippen LogP contribution < -0.4 is 0 Å². The van der Waals surface area contributed by atoms with Crippen molar-refractivity contribution < 1.29 is 30.3 Å². The standard InChI is InChI=1S/C20H32O6/c1-9-11(21)7-10-14(23)16-19(4,6-5-12(22)20(16)8-26-20)17(25)15(24)13(9)18(10,2)3/h10-12,14-17,21-25H,5-8H2,1-4H3/t10-,11-,12-,14+,15+,16-,17-,19+,20+/m0/s1. The average molecular weight is 368 g/mol. The van der Waals surface area contributed by atoms with Crippen molar-refractivity contribution >= 4 is 0 Å². The molecule has 6 nitrogen and oxygen atoms in total. The molecule has 1 saturated heterocycles. The maximum Gasteiger partial charge on any atom is 0.123 e. The normalized spacial score (nSPS) is 56.0. The van der Waals surface area contributed by atoms with Gasteiger partial charge in [-0.2, -0.15) is 0 Å². The summed E-state index contributed by atoms with van der Waals surface area (Å²) in [5.74, 6) is -0.797. The summed E-state index contributed by atoms with van der Waals surface area (Å²) in [5.41, 5.74) is -0.883. The fourth-order valence-corrected chi connectivity index (χ4v) is 6.61. The first kappa shape index (κ1) is 18.8.